The molecule has 0 spiro atoms. The van der Waals surface area contributed by atoms with Crippen molar-refractivity contribution in [2.75, 3.05) is 26.2 Å². The summed E-state index contributed by atoms with van der Waals surface area (Å²) in [6.45, 7) is 3.43. The zero-order valence-electron chi connectivity index (χ0n) is 15.0. The number of rotatable bonds is 4. The molecule has 0 bridgehead atoms. The Kier molecular flexibility index (Phi) is 6.17. The molecule has 3 aromatic rings. The largest absolute Gasteiger partial charge is 1.00 e. The molecule has 0 saturated carbocycles. The normalized spacial score (nSPS) is 16.1. The predicted molar refractivity (Wildman–Crippen MR) is 104 cm³/mol. The number of benzene rings is 3. The van der Waals surface area contributed by atoms with Gasteiger partial charge in [0.1, 0.15) is 0 Å². The van der Waals surface area contributed by atoms with Crippen molar-refractivity contribution in [2.24, 2.45) is 0 Å². The summed E-state index contributed by atoms with van der Waals surface area (Å²) >= 11 is 0. The topological polar surface area (TPSA) is 40.6 Å². The fourth-order valence-corrected chi connectivity index (χ4v) is 4.90. The Labute approximate surface area is 166 Å². The average molecular weight is 402 g/mol. The number of sulfonamides is 1. The first-order valence-corrected chi connectivity index (χ1v) is 10.3. The third-order valence-corrected chi connectivity index (χ3v) is 6.83. The highest BCUT2D eigenvalue weighted by Gasteiger charge is 2.28. The standard InChI is InChI=1S/C21H22N2O2S.ClH/c24-26(25,21-11-10-19-8-4-5-9-20(19)16-21)23-14-12-22(13-15-23)17-18-6-2-1-3-7-18;/h1-11,16H,12-15,17H2;1H/p-1. The van der Waals surface area contributed by atoms with Gasteiger partial charge in [0.2, 0.25) is 10.0 Å². The Balaban J connectivity index is 0.00000210. The van der Waals surface area contributed by atoms with Crippen LogP contribution in [0.1, 0.15) is 5.56 Å². The van der Waals surface area contributed by atoms with Gasteiger partial charge < -0.3 is 12.4 Å². The lowest BCUT2D eigenvalue weighted by molar-refractivity contribution is -0.00000781. The van der Waals surface area contributed by atoms with Crippen LogP contribution < -0.4 is 12.4 Å². The number of halogens is 1. The molecular weight excluding hydrogens is 380 g/mol. The maximum absolute atomic E-state index is 13.0. The number of fused-ring (bicyclic) bond motifs is 1. The van der Waals surface area contributed by atoms with Crippen molar-refractivity contribution >= 4 is 20.8 Å². The maximum atomic E-state index is 13.0. The molecule has 1 aliphatic heterocycles. The molecule has 0 radical (unpaired) electrons. The lowest BCUT2D eigenvalue weighted by Gasteiger charge is -2.34. The molecule has 0 amide bonds. The summed E-state index contributed by atoms with van der Waals surface area (Å²) in [4.78, 5) is 2.69. The first-order valence-electron chi connectivity index (χ1n) is 8.88. The van der Waals surface area contributed by atoms with E-state index < -0.39 is 10.0 Å². The van der Waals surface area contributed by atoms with Crippen LogP contribution in [0.3, 0.4) is 0 Å². The second kappa shape index (κ2) is 8.40. The van der Waals surface area contributed by atoms with Crippen molar-refractivity contribution in [3.05, 3.63) is 78.4 Å². The molecule has 0 aliphatic carbocycles. The minimum Gasteiger partial charge on any atom is -1.00 e. The monoisotopic (exact) mass is 401 g/mol. The predicted octanol–water partition coefficient (Wildman–Crippen LogP) is 0.350. The summed E-state index contributed by atoms with van der Waals surface area (Å²) < 4.78 is 27.6. The van der Waals surface area contributed by atoms with E-state index in [4.69, 9.17) is 0 Å². The second-order valence-electron chi connectivity index (χ2n) is 6.67. The lowest BCUT2D eigenvalue weighted by atomic mass is 10.1. The van der Waals surface area contributed by atoms with Gasteiger partial charge in [-0.1, -0.05) is 60.7 Å². The van der Waals surface area contributed by atoms with E-state index in [1.54, 1.807) is 16.4 Å². The van der Waals surface area contributed by atoms with Crippen molar-refractivity contribution in [1.29, 1.82) is 0 Å². The Hall–Kier alpha value is -1.92. The van der Waals surface area contributed by atoms with Gasteiger partial charge in [-0.3, -0.25) is 4.90 Å². The highest BCUT2D eigenvalue weighted by molar-refractivity contribution is 7.89. The molecule has 1 aliphatic rings. The van der Waals surface area contributed by atoms with E-state index in [0.717, 1.165) is 30.4 Å². The van der Waals surface area contributed by atoms with Crippen LogP contribution in [0.25, 0.3) is 10.8 Å². The summed E-state index contributed by atoms with van der Waals surface area (Å²) in [6.07, 6.45) is 0. The molecule has 3 aromatic carbocycles. The van der Waals surface area contributed by atoms with E-state index in [-0.39, 0.29) is 12.4 Å². The van der Waals surface area contributed by atoms with E-state index in [1.807, 2.05) is 48.5 Å². The average Bonchev–Trinajstić information content (AvgIpc) is 2.69. The fraction of sp³-hybridized carbons (Fsp3) is 0.238. The van der Waals surface area contributed by atoms with Gasteiger partial charge >= 0.3 is 0 Å². The van der Waals surface area contributed by atoms with Crippen LogP contribution in [0.4, 0.5) is 0 Å². The molecule has 4 rings (SSSR count). The summed E-state index contributed by atoms with van der Waals surface area (Å²) in [5.74, 6) is 0. The van der Waals surface area contributed by atoms with E-state index in [1.165, 1.54) is 5.56 Å². The Bertz CT molecular complexity index is 1000. The zero-order chi connectivity index (χ0) is 18.0. The van der Waals surface area contributed by atoms with Gasteiger partial charge in [0.15, 0.2) is 0 Å². The van der Waals surface area contributed by atoms with Gasteiger partial charge in [0, 0.05) is 32.7 Å². The third kappa shape index (κ3) is 4.33. The Morgan fingerprint density at radius 3 is 2.07 bits per heavy atom. The highest BCUT2D eigenvalue weighted by atomic mass is 35.5. The number of piperazine rings is 1. The Morgan fingerprint density at radius 1 is 0.741 bits per heavy atom. The van der Waals surface area contributed by atoms with Crippen molar-refractivity contribution in [2.45, 2.75) is 11.4 Å². The fourth-order valence-electron chi connectivity index (χ4n) is 3.45. The van der Waals surface area contributed by atoms with E-state index >= 15 is 0 Å². The number of hydrogen-bond donors (Lipinski definition) is 0. The first-order chi connectivity index (χ1) is 12.6. The second-order valence-corrected chi connectivity index (χ2v) is 8.61. The molecule has 6 heteroatoms. The molecular formula is C21H22ClN2O2S-. The van der Waals surface area contributed by atoms with Crippen LogP contribution in [0, 0.1) is 0 Å². The minimum absolute atomic E-state index is 0. The van der Waals surface area contributed by atoms with Gasteiger partial charge in [-0.05, 0) is 28.5 Å². The van der Waals surface area contributed by atoms with Crippen LogP contribution in [0.15, 0.2) is 77.7 Å². The maximum Gasteiger partial charge on any atom is 0.243 e. The third-order valence-electron chi connectivity index (χ3n) is 4.94. The van der Waals surface area contributed by atoms with Gasteiger partial charge in [-0.2, -0.15) is 4.31 Å². The van der Waals surface area contributed by atoms with Crippen LogP contribution >= 0.6 is 0 Å². The van der Waals surface area contributed by atoms with Crippen LogP contribution in [-0.4, -0.2) is 43.8 Å². The number of hydrogen-bond acceptors (Lipinski definition) is 3. The molecule has 0 atom stereocenters. The molecule has 4 nitrogen and oxygen atoms in total. The summed E-state index contributed by atoms with van der Waals surface area (Å²) in [7, 11) is -3.44. The van der Waals surface area contributed by atoms with Crippen LogP contribution in [0.2, 0.25) is 0 Å². The van der Waals surface area contributed by atoms with E-state index in [0.29, 0.717) is 18.0 Å². The van der Waals surface area contributed by atoms with Gasteiger partial charge in [0.25, 0.3) is 0 Å². The summed E-state index contributed by atoms with van der Waals surface area (Å²) in [6, 6.07) is 23.5. The molecule has 1 fully saturated rings. The summed E-state index contributed by atoms with van der Waals surface area (Å²) in [5, 5.41) is 2.01. The van der Waals surface area contributed by atoms with Crippen molar-refractivity contribution < 1.29 is 20.8 Å². The van der Waals surface area contributed by atoms with Crippen molar-refractivity contribution in [3.8, 4) is 0 Å². The zero-order valence-corrected chi connectivity index (χ0v) is 16.5. The van der Waals surface area contributed by atoms with Gasteiger partial charge in [0.05, 0.1) is 4.90 Å². The molecule has 0 N–H and O–H groups in total. The first kappa shape index (κ1) is 19.8. The number of nitrogens with zero attached hydrogens (tertiary/aromatic N) is 2. The SMILES string of the molecule is O=S(=O)(c1ccc2ccccc2c1)N1CCN(Cc2ccccc2)CC1.[Cl-]. The van der Waals surface area contributed by atoms with Gasteiger partial charge in [-0.15, -0.1) is 0 Å². The van der Waals surface area contributed by atoms with Crippen molar-refractivity contribution in [1.82, 2.24) is 9.21 Å². The van der Waals surface area contributed by atoms with E-state index in [9.17, 15) is 8.42 Å². The minimum atomic E-state index is -3.44. The molecule has 142 valence electrons. The Morgan fingerprint density at radius 2 is 1.37 bits per heavy atom. The molecule has 27 heavy (non-hydrogen) atoms. The molecule has 1 heterocycles. The van der Waals surface area contributed by atoms with E-state index in [2.05, 4.69) is 17.0 Å². The molecule has 0 unspecified atom stereocenters. The van der Waals surface area contributed by atoms with Crippen LogP contribution in [-0.2, 0) is 16.6 Å². The van der Waals surface area contributed by atoms with Crippen LogP contribution in [0.5, 0.6) is 0 Å². The van der Waals surface area contributed by atoms with Crippen molar-refractivity contribution in [3.63, 3.8) is 0 Å². The highest BCUT2D eigenvalue weighted by Crippen LogP contribution is 2.23. The quantitative estimate of drug-likeness (QED) is 0.633. The van der Waals surface area contributed by atoms with Gasteiger partial charge in [-0.25, -0.2) is 8.42 Å². The molecule has 1 saturated heterocycles. The smallest absolute Gasteiger partial charge is 0.243 e. The lowest BCUT2D eigenvalue weighted by Crippen LogP contribution is -3.00. The summed E-state index contributed by atoms with van der Waals surface area (Å²) in [5.41, 5.74) is 1.26. The molecule has 0 aromatic heterocycles.